The van der Waals surface area contributed by atoms with Crippen LogP contribution in [0.5, 0.6) is 0 Å². The summed E-state index contributed by atoms with van der Waals surface area (Å²) in [5, 5.41) is 5.91. The van der Waals surface area contributed by atoms with Gasteiger partial charge >= 0.3 is 0 Å². The molecule has 0 radical (unpaired) electrons. The first-order valence-corrected chi connectivity index (χ1v) is 10.8. The van der Waals surface area contributed by atoms with Crippen molar-refractivity contribution in [1.29, 1.82) is 0 Å². The Morgan fingerprint density at radius 2 is 1.62 bits per heavy atom. The number of benzene rings is 2. The lowest BCUT2D eigenvalue weighted by Crippen LogP contribution is -2.31. The Balaban J connectivity index is 1.30. The van der Waals surface area contributed by atoms with E-state index in [0.29, 0.717) is 28.4 Å². The molecule has 0 aliphatic carbocycles. The average molecular weight is 449 g/mol. The van der Waals surface area contributed by atoms with Crippen molar-refractivity contribution in [2.24, 2.45) is 0 Å². The molecule has 2 heterocycles. The number of anilines is 2. The SMILES string of the molecule is CC(=O)Nc1ccc(CC(=O)Nc2ncc(CCN3C(=O)c4ccccc4C3=O)s2)cc1. The number of imide groups is 1. The van der Waals surface area contributed by atoms with Gasteiger partial charge in [0.25, 0.3) is 11.8 Å². The van der Waals surface area contributed by atoms with E-state index < -0.39 is 0 Å². The van der Waals surface area contributed by atoms with Crippen molar-refractivity contribution in [3.8, 4) is 0 Å². The van der Waals surface area contributed by atoms with Gasteiger partial charge in [-0.3, -0.25) is 24.1 Å². The highest BCUT2D eigenvalue weighted by Gasteiger charge is 2.34. The highest BCUT2D eigenvalue weighted by atomic mass is 32.1. The van der Waals surface area contributed by atoms with Crippen molar-refractivity contribution in [2.75, 3.05) is 17.2 Å². The lowest BCUT2D eigenvalue weighted by Gasteiger charge is -2.12. The lowest BCUT2D eigenvalue weighted by atomic mass is 10.1. The highest BCUT2D eigenvalue weighted by Crippen LogP contribution is 2.24. The summed E-state index contributed by atoms with van der Waals surface area (Å²) in [4.78, 5) is 54.6. The standard InChI is InChI=1S/C23H20N4O4S/c1-14(28)25-16-8-6-15(7-9-16)12-20(29)26-23-24-13-17(32-23)10-11-27-21(30)18-4-2-3-5-19(18)22(27)31/h2-9,13H,10-12H2,1H3,(H,25,28)(H,24,26,29). The first-order valence-electron chi connectivity index (χ1n) is 9.97. The third-order valence-corrected chi connectivity index (χ3v) is 5.87. The van der Waals surface area contributed by atoms with Crippen molar-refractivity contribution in [3.05, 3.63) is 76.3 Å². The average Bonchev–Trinajstić information content (AvgIpc) is 3.30. The minimum Gasteiger partial charge on any atom is -0.326 e. The largest absolute Gasteiger partial charge is 0.326 e. The summed E-state index contributed by atoms with van der Waals surface area (Å²) in [5.41, 5.74) is 2.34. The van der Waals surface area contributed by atoms with E-state index in [0.717, 1.165) is 10.4 Å². The van der Waals surface area contributed by atoms with Gasteiger partial charge in [0.05, 0.1) is 17.5 Å². The number of rotatable bonds is 7. The molecule has 4 rings (SSSR count). The van der Waals surface area contributed by atoms with Crippen LogP contribution in [-0.4, -0.2) is 40.1 Å². The van der Waals surface area contributed by atoms with Crippen molar-refractivity contribution in [2.45, 2.75) is 19.8 Å². The van der Waals surface area contributed by atoms with Crippen LogP contribution in [0, 0.1) is 0 Å². The fraction of sp³-hybridized carbons (Fsp3) is 0.174. The predicted octanol–water partition coefficient (Wildman–Crippen LogP) is 3.12. The summed E-state index contributed by atoms with van der Waals surface area (Å²) in [6.45, 7) is 1.69. The Morgan fingerprint density at radius 1 is 0.969 bits per heavy atom. The van der Waals surface area contributed by atoms with Gasteiger partial charge in [0.1, 0.15) is 0 Å². The van der Waals surface area contributed by atoms with Crippen molar-refractivity contribution >= 4 is 45.8 Å². The highest BCUT2D eigenvalue weighted by molar-refractivity contribution is 7.15. The molecule has 32 heavy (non-hydrogen) atoms. The van der Waals surface area contributed by atoms with E-state index in [1.165, 1.54) is 23.2 Å². The number of amides is 4. The Bertz CT molecular complexity index is 1170. The maximum Gasteiger partial charge on any atom is 0.261 e. The van der Waals surface area contributed by atoms with Crippen molar-refractivity contribution in [3.63, 3.8) is 0 Å². The normalized spacial score (nSPS) is 12.6. The number of carbonyl (C=O) groups is 4. The molecule has 4 amide bonds. The molecule has 0 saturated heterocycles. The van der Waals surface area contributed by atoms with Crippen LogP contribution in [0.15, 0.2) is 54.7 Å². The second-order valence-electron chi connectivity index (χ2n) is 7.29. The zero-order valence-corrected chi connectivity index (χ0v) is 18.1. The molecule has 0 saturated carbocycles. The molecule has 162 valence electrons. The number of carbonyl (C=O) groups excluding carboxylic acids is 4. The fourth-order valence-corrected chi connectivity index (χ4v) is 4.22. The molecule has 9 heteroatoms. The summed E-state index contributed by atoms with van der Waals surface area (Å²) in [5.74, 6) is -0.932. The molecule has 8 nitrogen and oxygen atoms in total. The van der Waals surface area contributed by atoms with Gasteiger partial charge < -0.3 is 10.6 Å². The lowest BCUT2D eigenvalue weighted by molar-refractivity contribution is -0.116. The molecule has 0 bridgehead atoms. The first kappa shape index (κ1) is 21.4. The molecule has 1 aliphatic heterocycles. The molecular formula is C23H20N4O4S. The van der Waals surface area contributed by atoms with E-state index in [9.17, 15) is 19.2 Å². The minimum atomic E-state index is -0.284. The van der Waals surface area contributed by atoms with Gasteiger partial charge in [-0.25, -0.2) is 4.98 Å². The van der Waals surface area contributed by atoms with Gasteiger partial charge in [-0.1, -0.05) is 24.3 Å². The molecule has 2 aromatic carbocycles. The Morgan fingerprint density at radius 3 is 2.25 bits per heavy atom. The van der Waals surface area contributed by atoms with Crippen LogP contribution < -0.4 is 10.6 Å². The summed E-state index contributed by atoms with van der Waals surface area (Å²) >= 11 is 1.31. The van der Waals surface area contributed by atoms with E-state index in [1.807, 2.05) is 0 Å². The van der Waals surface area contributed by atoms with Crippen molar-refractivity contribution in [1.82, 2.24) is 9.88 Å². The zero-order valence-electron chi connectivity index (χ0n) is 17.3. The van der Waals surface area contributed by atoms with E-state index in [4.69, 9.17) is 0 Å². The number of aromatic nitrogens is 1. The number of hydrogen-bond acceptors (Lipinski definition) is 6. The maximum atomic E-state index is 12.4. The molecule has 2 N–H and O–H groups in total. The van der Waals surface area contributed by atoms with Crippen LogP contribution in [0.25, 0.3) is 0 Å². The Labute approximate surface area is 188 Å². The quantitative estimate of drug-likeness (QED) is 0.540. The third kappa shape index (κ3) is 4.73. The molecule has 0 unspecified atom stereocenters. The van der Waals surface area contributed by atoms with E-state index >= 15 is 0 Å². The first-order chi connectivity index (χ1) is 15.4. The van der Waals surface area contributed by atoms with Gasteiger partial charge in [-0.05, 0) is 29.8 Å². The molecule has 0 atom stereocenters. The van der Waals surface area contributed by atoms with Gasteiger partial charge in [0, 0.05) is 36.7 Å². The second kappa shape index (κ2) is 9.11. The smallest absolute Gasteiger partial charge is 0.261 e. The fourth-order valence-electron chi connectivity index (χ4n) is 3.40. The maximum absolute atomic E-state index is 12.4. The Hall–Kier alpha value is -3.85. The van der Waals surface area contributed by atoms with Crippen LogP contribution in [0.1, 0.15) is 38.1 Å². The predicted molar refractivity (Wildman–Crippen MR) is 121 cm³/mol. The van der Waals surface area contributed by atoms with Gasteiger partial charge in [-0.2, -0.15) is 0 Å². The Kier molecular flexibility index (Phi) is 6.09. The third-order valence-electron chi connectivity index (χ3n) is 4.90. The monoisotopic (exact) mass is 448 g/mol. The molecule has 1 aromatic heterocycles. The van der Waals surface area contributed by atoms with E-state index in [2.05, 4.69) is 15.6 Å². The topological polar surface area (TPSA) is 108 Å². The summed E-state index contributed by atoms with van der Waals surface area (Å²) in [6, 6.07) is 13.8. The number of nitrogens with one attached hydrogen (secondary N) is 2. The second-order valence-corrected chi connectivity index (χ2v) is 8.41. The number of fused-ring (bicyclic) bond motifs is 1. The molecule has 3 aromatic rings. The van der Waals surface area contributed by atoms with Crippen LogP contribution in [0.3, 0.4) is 0 Å². The van der Waals surface area contributed by atoms with Crippen LogP contribution >= 0.6 is 11.3 Å². The van der Waals surface area contributed by atoms with Crippen molar-refractivity contribution < 1.29 is 19.2 Å². The van der Waals surface area contributed by atoms with Gasteiger partial charge in [0.2, 0.25) is 11.8 Å². The van der Waals surface area contributed by atoms with Crippen LogP contribution in [0.4, 0.5) is 10.8 Å². The molecule has 0 fully saturated rings. The van der Waals surface area contributed by atoms with E-state index in [1.54, 1.807) is 54.7 Å². The summed E-state index contributed by atoms with van der Waals surface area (Å²) < 4.78 is 0. The van der Waals surface area contributed by atoms with Crippen LogP contribution in [0.2, 0.25) is 0 Å². The number of thiazole rings is 1. The summed E-state index contributed by atoms with van der Waals surface area (Å²) in [7, 11) is 0. The van der Waals surface area contributed by atoms with Crippen LogP contribution in [-0.2, 0) is 22.4 Å². The molecule has 1 aliphatic rings. The number of hydrogen-bond donors (Lipinski definition) is 2. The minimum absolute atomic E-state index is 0.155. The summed E-state index contributed by atoms with van der Waals surface area (Å²) in [6.07, 6.45) is 2.27. The van der Waals surface area contributed by atoms with Gasteiger partial charge in [0.15, 0.2) is 5.13 Å². The molecular weight excluding hydrogens is 428 g/mol. The zero-order chi connectivity index (χ0) is 22.7. The van der Waals surface area contributed by atoms with Gasteiger partial charge in [-0.15, -0.1) is 11.3 Å². The number of nitrogens with zero attached hydrogens (tertiary/aromatic N) is 2. The molecule has 0 spiro atoms. The van der Waals surface area contributed by atoms with E-state index in [-0.39, 0.29) is 36.6 Å².